The van der Waals surface area contributed by atoms with Gasteiger partial charge in [-0.1, -0.05) is 30.7 Å². The Balaban J connectivity index is 2.13. The van der Waals surface area contributed by atoms with Crippen LogP contribution in [-0.4, -0.2) is 21.3 Å². The van der Waals surface area contributed by atoms with E-state index in [1.54, 1.807) is 0 Å². The Morgan fingerprint density at radius 3 is 2.56 bits per heavy atom. The smallest absolute Gasteiger partial charge is 0.221 e. The monoisotopic (exact) mass is 375 g/mol. The molecule has 6 heteroatoms. The fraction of sp³-hybridized carbons (Fsp3) is 0.263. The molecule has 1 N–H and O–H groups in total. The second-order valence-electron chi connectivity index (χ2n) is 5.82. The molecule has 0 spiro atoms. The Hall–Kier alpha value is -2.04. The van der Waals surface area contributed by atoms with Crippen molar-refractivity contribution in [1.82, 2.24) is 9.55 Å². The van der Waals surface area contributed by atoms with Crippen molar-refractivity contribution in [3.05, 3.63) is 52.8 Å². The zero-order valence-corrected chi connectivity index (χ0v) is 15.7. The average Bonchev–Trinajstić information content (AvgIpc) is 2.93. The van der Waals surface area contributed by atoms with E-state index in [0.29, 0.717) is 16.6 Å². The van der Waals surface area contributed by atoms with E-state index in [0.717, 1.165) is 35.4 Å². The highest BCUT2D eigenvalue weighted by Crippen LogP contribution is 2.31. The lowest BCUT2D eigenvalue weighted by molar-refractivity contribution is -0.114. The van der Waals surface area contributed by atoms with Crippen molar-refractivity contribution in [3.63, 3.8) is 0 Å². The fourth-order valence-electron chi connectivity index (χ4n) is 2.88. The van der Waals surface area contributed by atoms with Gasteiger partial charge in [-0.05, 0) is 36.2 Å². The number of anilines is 1. The number of benzene rings is 2. The lowest BCUT2D eigenvalue weighted by Gasteiger charge is -2.10. The fourth-order valence-corrected chi connectivity index (χ4v) is 3.30. The second kappa shape index (κ2) is 7.46. The molecule has 0 radical (unpaired) electrons. The second-order valence-corrected chi connectivity index (χ2v) is 6.61. The van der Waals surface area contributed by atoms with Crippen LogP contribution in [0, 0.1) is 0 Å². The van der Waals surface area contributed by atoms with Crippen molar-refractivity contribution < 1.29 is 4.79 Å². The number of alkyl halides is 1. The molecular formula is C19H19Cl2N3O. The Labute approximate surface area is 156 Å². The van der Waals surface area contributed by atoms with Gasteiger partial charge in [0.1, 0.15) is 5.82 Å². The number of nitrogens with zero attached hydrogens (tertiary/aromatic N) is 2. The summed E-state index contributed by atoms with van der Waals surface area (Å²) in [7, 11) is 0. The first kappa shape index (κ1) is 17.8. The molecule has 2 aromatic carbocycles. The largest absolute Gasteiger partial charge is 0.325 e. The number of halogens is 2. The van der Waals surface area contributed by atoms with E-state index < -0.39 is 0 Å². The maximum atomic E-state index is 11.3. The minimum Gasteiger partial charge on any atom is -0.325 e. The summed E-state index contributed by atoms with van der Waals surface area (Å²) in [5.41, 5.74) is 4.52. The summed E-state index contributed by atoms with van der Waals surface area (Å²) < 4.78 is 2.10. The number of imidazole rings is 1. The Kier molecular flexibility index (Phi) is 5.30. The molecule has 0 fully saturated rings. The number of hydrogen-bond donors (Lipinski definition) is 1. The summed E-state index contributed by atoms with van der Waals surface area (Å²) in [6.07, 6.45) is 1.63. The number of aromatic nitrogens is 2. The number of amides is 1. The van der Waals surface area contributed by atoms with Crippen LogP contribution in [0.2, 0.25) is 5.02 Å². The van der Waals surface area contributed by atoms with Crippen LogP contribution in [0.3, 0.4) is 0 Å². The van der Waals surface area contributed by atoms with Crippen LogP contribution in [-0.2, 0) is 17.6 Å². The predicted octanol–water partition coefficient (Wildman–Crippen LogP) is 4.98. The Morgan fingerprint density at radius 1 is 1.24 bits per heavy atom. The van der Waals surface area contributed by atoms with Gasteiger partial charge in [0, 0.05) is 24.9 Å². The Bertz CT molecular complexity index is 917. The molecule has 1 amide bonds. The van der Waals surface area contributed by atoms with Crippen molar-refractivity contribution >= 4 is 45.8 Å². The van der Waals surface area contributed by atoms with Crippen LogP contribution in [0.5, 0.6) is 0 Å². The highest BCUT2D eigenvalue weighted by atomic mass is 35.5. The molecule has 1 aromatic heterocycles. The molecule has 0 aliphatic heterocycles. The van der Waals surface area contributed by atoms with E-state index in [2.05, 4.69) is 41.1 Å². The summed E-state index contributed by atoms with van der Waals surface area (Å²) >= 11 is 12.2. The summed E-state index contributed by atoms with van der Waals surface area (Å²) in [5, 5.41) is 3.23. The van der Waals surface area contributed by atoms with E-state index in [-0.39, 0.29) is 5.91 Å². The summed E-state index contributed by atoms with van der Waals surface area (Å²) in [4.78, 5) is 16.0. The minimum absolute atomic E-state index is 0.161. The summed E-state index contributed by atoms with van der Waals surface area (Å²) in [6, 6.07) is 12.0. The zero-order valence-electron chi connectivity index (χ0n) is 14.1. The third-order valence-corrected chi connectivity index (χ3v) is 4.52. The van der Waals surface area contributed by atoms with Crippen molar-refractivity contribution in [3.8, 4) is 5.69 Å². The van der Waals surface area contributed by atoms with Crippen LogP contribution in [0.25, 0.3) is 16.7 Å². The van der Waals surface area contributed by atoms with Gasteiger partial charge in [-0.2, -0.15) is 0 Å². The van der Waals surface area contributed by atoms with Crippen molar-refractivity contribution in [1.29, 1.82) is 0 Å². The standard InChI is InChI=1S/C19H19Cl2N3O/c1-3-19-23-17-11-16(22-12(2)25)15(21)10-18(17)24(19)14-6-4-13(5-7-14)8-9-20/h4-7,10-11H,3,8-9H2,1-2H3,(H,22,25). The van der Waals surface area contributed by atoms with Crippen LogP contribution in [0.4, 0.5) is 5.69 Å². The first-order valence-corrected chi connectivity index (χ1v) is 9.08. The van der Waals surface area contributed by atoms with Gasteiger partial charge in [-0.15, -0.1) is 11.6 Å². The molecule has 130 valence electrons. The normalized spacial score (nSPS) is 11.0. The summed E-state index contributed by atoms with van der Waals surface area (Å²) in [6.45, 7) is 3.52. The van der Waals surface area contributed by atoms with Gasteiger partial charge < -0.3 is 5.32 Å². The van der Waals surface area contributed by atoms with Gasteiger partial charge in [0.2, 0.25) is 5.91 Å². The minimum atomic E-state index is -0.161. The molecule has 3 aromatic rings. The van der Waals surface area contributed by atoms with Crippen LogP contribution < -0.4 is 5.32 Å². The first-order chi connectivity index (χ1) is 12.0. The number of fused-ring (bicyclic) bond motifs is 1. The van der Waals surface area contributed by atoms with E-state index in [1.165, 1.54) is 12.5 Å². The zero-order chi connectivity index (χ0) is 18.0. The molecule has 1 heterocycles. The topological polar surface area (TPSA) is 46.9 Å². The van der Waals surface area contributed by atoms with Gasteiger partial charge in [-0.25, -0.2) is 4.98 Å². The van der Waals surface area contributed by atoms with Gasteiger partial charge in [0.15, 0.2) is 0 Å². The Morgan fingerprint density at radius 2 is 1.96 bits per heavy atom. The molecule has 4 nitrogen and oxygen atoms in total. The van der Waals surface area contributed by atoms with Crippen LogP contribution >= 0.6 is 23.2 Å². The molecule has 0 bridgehead atoms. The molecule has 3 rings (SSSR count). The number of carbonyl (C=O) groups excluding carboxylic acids is 1. The molecule has 0 aliphatic carbocycles. The van der Waals surface area contributed by atoms with Crippen LogP contribution in [0.15, 0.2) is 36.4 Å². The molecule has 0 aliphatic rings. The van der Waals surface area contributed by atoms with E-state index >= 15 is 0 Å². The molecule has 0 atom stereocenters. The maximum absolute atomic E-state index is 11.3. The van der Waals surface area contributed by atoms with E-state index in [1.807, 2.05) is 12.1 Å². The maximum Gasteiger partial charge on any atom is 0.221 e. The molecule has 0 saturated carbocycles. The van der Waals surface area contributed by atoms with Gasteiger partial charge in [0.25, 0.3) is 0 Å². The van der Waals surface area contributed by atoms with E-state index in [4.69, 9.17) is 28.2 Å². The van der Waals surface area contributed by atoms with Gasteiger partial charge in [0.05, 0.1) is 21.7 Å². The van der Waals surface area contributed by atoms with Crippen molar-refractivity contribution in [2.75, 3.05) is 11.2 Å². The number of carbonyl (C=O) groups is 1. The van der Waals surface area contributed by atoms with E-state index in [9.17, 15) is 4.79 Å². The third kappa shape index (κ3) is 3.65. The number of nitrogens with one attached hydrogen (secondary N) is 1. The third-order valence-electron chi connectivity index (χ3n) is 4.02. The first-order valence-electron chi connectivity index (χ1n) is 8.17. The molecular weight excluding hydrogens is 357 g/mol. The number of hydrogen-bond acceptors (Lipinski definition) is 2. The lowest BCUT2D eigenvalue weighted by Crippen LogP contribution is -2.06. The van der Waals surface area contributed by atoms with Gasteiger partial charge in [-0.3, -0.25) is 9.36 Å². The quantitative estimate of drug-likeness (QED) is 0.639. The van der Waals surface area contributed by atoms with Crippen LogP contribution in [0.1, 0.15) is 25.2 Å². The highest BCUT2D eigenvalue weighted by molar-refractivity contribution is 6.34. The number of rotatable bonds is 5. The number of aryl methyl sites for hydroxylation is 2. The molecule has 0 saturated heterocycles. The average molecular weight is 376 g/mol. The molecule has 0 unspecified atom stereocenters. The SMILES string of the molecule is CCc1nc2cc(NC(C)=O)c(Cl)cc2n1-c1ccc(CCCl)cc1. The van der Waals surface area contributed by atoms with Gasteiger partial charge >= 0.3 is 0 Å². The highest BCUT2D eigenvalue weighted by Gasteiger charge is 2.14. The lowest BCUT2D eigenvalue weighted by atomic mass is 10.1. The predicted molar refractivity (Wildman–Crippen MR) is 104 cm³/mol. The molecule has 25 heavy (non-hydrogen) atoms. The van der Waals surface area contributed by atoms with Crippen molar-refractivity contribution in [2.24, 2.45) is 0 Å². The summed E-state index contributed by atoms with van der Waals surface area (Å²) in [5.74, 6) is 1.39. The van der Waals surface area contributed by atoms with Crippen molar-refractivity contribution in [2.45, 2.75) is 26.7 Å².